The Labute approximate surface area is 83.3 Å². The van der Waals surface area contributed by atoms with Crippen LogP contribution in [0.3, 0.4) is 0 Å². The molecule has 1 rings (SSSR count). The van der Waals surface area contributed by atoms with Gasteiger partial charge in [0.1, 0.15) is 0 Å². The number of aryl methyl sites for hydroxylation is 1. The van der Waals surface area contributed by atoms with Crippen LogP contribution in [0.4, 0.5) is 4.39 Å². The van der Waals surface area contributed by atoms with E-state index in [2.05, 4.69) is 4.72 Å². The topological polar surface area (TPSA) is 51.1 Å². The molecule has 1 unspecified atom stereocenters. The van der Waals surface area contributed by atoms with Gasteiger partial charge in [0.25, 0.3) is 5.56 Å². The van der Waals surface area contributed by atoms with E-state index in [0.717, 1.165) is 10.6 Å². The van der Waals surface area contributed by atoms with Gasteiger partial charge in [-0.1, -0.05) is 4.21 Å². The molecular weight excluding hydrogens is 207 g/mol. The molecule has 0 bridgehead atoms. The molecule has 1 atom stereocenters. The van der Waals surface area contributed by atoms with Crippen molar-refractivity contribution in [1.29, 1.82) is 0 Å². The van der Waals surface area contributed by atoms with Crippen molar-refractivity contribution in [2.75, 3.05) is 6.54 Å². The maximum atomic E-state index is 13.0. The van der Waals surface area contributed by atoms with Gasteiger partial charge < -0.3 is 4.57 Å². The van der Waals surface area contributed by atoms with Crippen molar-refractivity contribution < 1.29 is 8.60 Å². The Balaban J connectivity index is 3.13. The second-order valence-corrected chi connectivity index (χ2v) is 4.19. The van der Waals surface area contributed by atoms with Gasteiger partial charge >= 0.3 is 0 Å². The molecule has 0 aliphatic carbocycles. The summed E-state index contributed by atoms with van der Waals surface area (Å²) in [4.78, 5) is 11.3. The molecule has 14 heavy (non-hydrogen) atoms. The molecule has 4 nitrogen and oxygen atoms in total. The number of hydrogen-bond donors (Lipinski definition) is 1. The maximum absolute atomic E-state index is 13.0. The number of pyridine rings is 1. The predicted octanol–water partition coefficient (Wildman–Crippen LogP) is 0.104. The van der Waals surface area contributed by atoms with E-state index in [9.17, 15) is 13.4 Å². The third-order valence-corrected chi connectivity index (χ3v) is 2.98. The highest BCUT2D eigenvalue weighted by Gasteiger charge is 2.13. The SMILES string of the molecule is CCN[SH+](=O)c1cc(F)c(=O)n(C)c1. The summed E-state index contributed by atoms with van der Waals surface area (Å²) in [6.07, 6.45) is 1.37. The number of rotatable bonds is 3. The van der Waals surface area contributed by atoms with Gasteiger partial charge in [-0.15, -0.1) is 4.72 Å². The lowest BCUT2D eigenvalue weighted by Gasteiger charge is -1.99. The highest BCUT2D eigenvalue weighted by atomic mass is 32.2. The molecule has 0 amide bonds. The van der Waals surface area contributed by atoms with E-state index >= 15 is 0 Å². The van der Waals surface area contributed by atoms with Gasteiger partial charge in [0, 0.05) is 19.7 Å². The zero-order valence-electron chi connectivity index (χ0n) is 7.95. The Hall–Kier alpha value is -1.01. The highest BCUT2D eigenvalue weighted by molar-refractivity contribution is 7.83. The van der Waals surface area contributed by atoms with Crippen LogP contribution < -0.4 is 10.3 Å². The van der Waals surface area contributed by atoms with Crippen molar-refractivity contribution >= 4 is 11.0 Å². The third-order valence-electron chi connectivity index (χ3n) is 1.66. The van der Waals surface area contributed by atoms with Crippen molar-refractivity contribution in [1.82, 2.24) is 9.29 Å². The van der Waals surface area contributed by atoms with Gasteiger partial charge in [0.05, 0.1) is 6.20 Å². The summed E-state index contributed by atoms with van der Waals surface area (Å²) in [6.45, 7) is 2.32. The van der Waals surface area contributed by atoms with E-state index in [1.807, 2.05) is 0 Å². The quantitative estimate of drug-likeness (QED) is 0.579. The average molecular weight is 219 g/mol. The van der Waals surface area contributed by atoms with Crippen molar-refractivity contribution in [2.24, 2.45) is 7.05 Å². The molecule has 1 heterocycles. The van der Waals surface area contributed by atoms with E-state index in [1.165, 1.54) is 13.2 Å². The van der Waals surface area contributed by atoms with E-state index in [0.29, 0.717) is 11.4 Å². The fraction of sp³-hybridized carbons (Fsp3) is 0.375. The van der Waals surface area contributed by atoms with Crippen LogP contribution in [0.1, 0.15) is 6.92 Å². The third kappa shape index (κ3) is 2.27. The summed E-state index contributed by atoms with van der Waals surface area (Å²) < 4.78 is 28.1. The molecule has 0 saturated heterocycles. The first-order valence-corrected chi connectivity index (χ1v) is 5.39. The Morgan fingerprint density at radius 3 is 2.79 bits per heavy atom. The van der Waals surface area contributed by atoms with Crippen molar-refractivity contribution in [2.45, 2.75) is 11.8 Å². The molecule has 1 aromatic heterocycles. The smallest absolute Gasteiger partial charge is 0.286 e. The molecule has 1 N–H and O–H groups in total. The number of thiol groups is 1. The average Bonchev–Trinajstić information content (AvgIpc) is 2.13. The summed E-state index contributed by atoms with van der Waals surface area (Å²) in [6, 6.07) is 1.00. The lowest BCUT2D eigenvalue weighted by Crippen LogP contribution is -2.23. The van der Waals surface area contributed by atoms with Crippen LogP contribution in [0, 0.1) is 5.82 Å². The fourth-order valence-corrected chi connectivity index (χ4v) is 1.98. The second-order valence-electron chi connectivity index (χ2n) is 2.77. The zero-order chi connectivity index (χ0) is 10.7. The normalized spacial score (nSPS) is 12.8. The lowest BCUT2D eigenvalue weighted by atomic mass is 10.4. The predicted molar refractivity (Wildman–Crippen MR) is 53.0 cm³/mol. The van der Waals surface area contributed by atoms with Gasteiger partial charge in [-0.25, -0.2) is 4.39 Å². The molecule has 0 saturated carbocycles. The number of halogens is 1. The summed E-state index contributed by atoms with van der Waals surface area (Å²) in [7, 11) is -0.400. The first-order chi connectivity index (χ1) is 6.56. The van der Waals surface area contributed by atoms with Crippen molar-refractivity contribution in [3.63, 3.8) is 0 Å². The van der Waals surface area contributed by atoms with Crippen LogP contribution in [0.25, 0.3) is 0 Å². The van der Waals surface area contributed by atoms with Crippen LogP contribution in [0.2, 0.25) is 0 Å². The molecule has 0 spiro atoms. The summed E-state index contributed by atoms with van der Waals surface area (Å²) >= 11 is 0. The monoisotopic (exact) mass is 219 g/mol. The largest absolute Gasteiger partial charge is 0.311 e. The molecule has 0 fully saturated rings. The summed E-state index contributed by atoms with van der Waals surface area (Å²) in [5, 5.41) is 0. The van der Waals surface area contributed by atoms with Crippen molar-refractivity contribution in [3.8, 4) is 0 Å². The lowest BCUT2D eigenvalue weighted by molar-refractivity contribution is 0.572. The maximum Gasteiger partial charge on any atom is 0.286 e. The molecule has 6 heteroatoms. The van der Waals surface area contributed by atoms with E-state index in [4.69, 9.17) is 0 Å². The molecular formula is C8H12FN2O2S+. The molecule has 0 aromatic carbocycles. The van der Waals surface area contributed by atoms with Crippen LogP contribution in [0.5, 0.6) is 0 Å². The highest BCUT2D eigenvalue weighted by Crippen LogP contribution is 2.03. The van der Waals surface area contributed by atoms with Crippen molar-refractivity contribution in [3.05, 3.63) is 28.4 Å². The Kier molecular flexibility index (Phi) is 3.54. The Morgan fingerprint density at radius 2 is 2.29 bits per heavy atom. The van der Waals surface area contributed by atoms with E-state index in [1.54, 1.807) is 6.92 Å². The van der Waals surface area contributed by atoms with Gasteiger partial charge in [-0.2, -0.15) is 0 Å². The Bertz CT molecular complexity index is 390. The first-order valence-electron chi connectivity index (χ1n) is 4.13. The van der Waals surface area contributed by atoms with Gasteiger partial charge in [-0.3, -0.25) is 4.79 Å². The van der Waals surface area contributed by atoms with Crippen LogP contribution >= 0.6 is 0 Å². The Morgan fingerprint density at radius 1 is 1.64 bits per heavy atom. The first kappa shape index (κ1) is 11.1. The summed E-state index contributed by atoms with van der Waals surface area (Å²) in [5.41, 5.74) is -0.714. The van der Waals surface area contributed by atoms with Gasteiger partial charge in [-0.05, 0) is 6.92 Å². The van der Waals surface area contributed by atoms with Crippen LogP contribution in [-0.4, -0.2) is 11.1 Å². The molecule has 0 aliphatic heterocycles. The molecule has 0 aliphatic rings. The molecule has 1 aromatic rings. The van der Waals surface area contributed by atoms with Gasteiger partial charge in [0.15, 0.2) is 21.7 Å². The minimum absolute atomic E-state index is 0.293. The standard InChI is InChI=1S/C8H11FN2O2S/c1-3-10-14(13)6-4-7(9)8(12)11(2)5-6/h4-5H,3H2,1-2H3,(H,10,13)/p+1. The molecule has 78 valence electrons. The fourth-order valence-electron chi connectivity index (χ4n) is 1.00. The van der Waals surface area contributed by atoms with Crippen LogP contribution in [-0.2, 0) is 22.2 Å². The van der Waals surface area contributed by atoms with E-state index in [-0.39, 0.29) is 0 Å². The molecule has 0 radical (unpaired) electrons. The number of hydrogen-bond acceptors (Lipinski definition) is 2. The van der Waals surface area contributed by atoms with E-state index < -0.39 is 22.4 Å². The minimum atomic E-state index is -1.82. The van der Waals surface area contributed by atoms with Crippen LogP contribution in [0.15, 0.2) is 22.0 Å². The zero-order valence-corrected chi connectivity index (χ0v) is 8.85. The van der Waals surface area contributed by atoms with Gasteiger partial charge in [0.2, 0.25) is 0 Å². The second kappa shape index (κ2) is 4.47. The minimum Gasteiger partial charge on any atom is -0.311 e. The summed E-state index contributed by atoms with van der Waals surface area (Å²) in [5.74, 6) is -0.883. The number of aromatic nitrogens is 1. The number of nitrogens with zero attached hydrogens (tertiary/aromatic N) is 1. The number of nitrogens with one attached hydrogen (secondary N) is 1.